The minimum Gasteiger partial charge on any atom is -0.379 e. The van der Waals surface area contributed by atoms with Gasteiger partial charge in [0.1, 0.15) is 0 Å². The molecule has 2 heterocycles. The van der Waals surface area contributed by atoms with Gasteiger partial charge in [-0.25, -0.2) is 0 Å². The molecule has 0 saturated carbocycles. The number of amides is 1. The van der Waals surface area contributed by atoms with Crippen molar-refractivity contribution in [2.75, 3.05) is 56.2 Å². The highest BCUT2D eigenvalue weighted by Gasteiger charge is 2.23. The molecule has 142 valence electrons. The van der Waals surface area contributed by atoms with Crippen molar-refractivity contribution in [1.82, 2.24) is 10.2 Å². The van der Waals surface area contributed by atoms with Gasteiger partial charge in [-0.15, -0.1) is 0 Å². The molecule has 3 rings (SSSR count). The smallest absolute Gasteiger partial charge is 0.227 e. The van der Waals surface area contributed by atoms with Crippen LogP contribution in [0, 0.1) is 6.92 Å². The van der Waals surface area contributed by atoms with Crippen molar-refractivity contribution < 1.29 is 9.53 Å². The van der Waals surface area contributed by atoms with Gasteiger partial charge in [0, 0.05) is 44.0 Å². The van der Waals surface area contributed by atoms with E-state index in [-0.39, 0.29) is 5.91 Å². The molecule has 0 unspecified atom stereocenters. The predicted molar refractivity (Wildman–Crippen MR) is 109 cm³/mol. The molecule has 0 radical (unpaired) electrons. The van der Waals surface area contributed by atoms with Crippen LogP contribution in [0.4, 0.5) is 11.4 Å². The van der Waals surface area contributed by atoms with E-state index in [0.717, 1.165) is 75.7 Å². The summed E-state index contributed by atoms with van der Waals surface area (Å²) >= 11 is 5.40. The molecule has 0 aliphatic carbocycles. The lowest BCUT2D eigenvalue weighted by Crippen LogP contribution is -2.38. The normalized spacial score (nSPS) is 18.2. The topological polar surface area (TPSA) is 56.8 Å². The third-order valence-electron chi connectivity index (χ3n) is 4.87. The standard InChI is InChI=1S/C19H28N4O2S/c1-15-5-6-16(14-17(15)23-9-2-4-18(23)24)21-19(26)20-7-3-8-22-10-12-25-13-11-22/h5-6,14H,2-4,7-13H2,1H3,(H2,20,21,26). The summed E-state index contributed by atoms with van der Waals surface area (Å²) in [5.41, 5.74) is 3.00. The molecule has 2 aliphatic rings. The number of hydrogen-bond acceptors (Lipinski definition) is 4. The molecule has 7 heteroatoms. The van der Waals surface area contributed by atoms with Gasteiger partial charge in [-0.05, 0) is 56.2 Å². The van der Waals surface area contributed by atoms with Gasteiger partial charge in [0.2, 0.25) is 5.91 Å². The van der Waals surface area contributed by atoms with Gasteiger partial charge in [-0.1, -0.05) is 6.07 Å². The van der Waals surface area contributed by atoms with Crippen molar-refractivity contribution in [2.45, 2.75) is 26.2 Å². The minimum absolute atomic E-state index is 0.203. The summed E-state index contributed by atoms with van der Waals surface area (Å²) in [6.07, 6.45) is 2.61. The molecule has 1 aromatic carbocycles. The molecule has 0 aromatic heterocycles. The lowest BCUT2D eigenvalue weighted by molar-refractivity contribution is -0.117. The maximum absolute atomic E-state index is 12.0. The zero-order valence-electron chi connectivity index (χ0n) is 15.4. The Kier molecular flexibility index (Phi) is 6.82. The van der Waals surface area contributed by atoms with Crippen LogP contribution in [-0.4, -0.2) is 61.9 Å². The monoisotopic (exact) mass is 376 g/mol. The van der Waals surface area contributed by atoms with Gasteiger partial charge in [-0.3, -0.25) is 9.69 Å². The number of carbonyl (C=O) groups is 1. The van der Waals surface area contributed by atoms with Crippen LogP contribution in [-0.2, 0) is 9.53 Å². The molecule has 0 atom stereocenters. The Morgan fingerprint density at radius 2 is 2.08 bits per heavy atom. The fraction of sp³-hybridized carbons (Fsp3) is 0.579. The molecule has 26 heavy (non-hydrogen) atoms. The number of aryl methyl sites for hydroxylation is 1. The molecule has 1 aromatic rings. The summed E-state index contributed by atoms with van der Waals surface area (Å²) in [5, 5.41) is 7.12. The van der Waals surface area contributed by atoms with Gasteiger partial charge >= 0.3 is 0 Å². The number of nitrogens with one attached hydrogen (secondary N) is 2. The molecule has 1 amide bonds. The second-order valence-corrected chi connectivity index (χ2v) is 7.25. The Labute approximate surface area is 160 Å². The summed E-state index contributed by atoms with van der Waals surface area (Å²) < 4.78 is 5.36. The van der Waals surface area contributed by atoms with Gasteiger partial charge in [0.15, 0.2) is 5.11 Å². The van der Waals surface area contributed by atoms with Crippen molar-refractivity contribution in [3.63, 3.8) is 0 Å². The average molecular weight is 377 g/mol. The Morgan fingerprint density at radius 1 is 1.27 bits per heavy atom. The summed E-state index contributed by atoms with van der Waals surface area (Å²) in [6, 6.07) is 6.05. The Bertz CT molecular complexity index is 646. The van der Waals surface area contributed by atoms with E-state index in [9.17, 15) is 4.79 Å². The summed E-state index contributed by atoms with van der Waals surface area (Å²) in [7, 11) is 0. The van der Waals surface area contributed by atoms with E-state index in [4.69, 9.17) is 17.0 Å². The first-order valence-corrected chi connectivity index (χ1v) is 9.80. The fourth-order valence-electron chi connectivity index (χ4n) is 3.39. The largest absolute Gasteiger partial charge is 0.379 e. The van der Waals surface area contributed by atoms with Gasteiger partial charge in [-0.2, -0.15) is 0 Å². The first-order valence-electron chi connectivity index (χ1n) is 9.39. The number of nitrogens with zero attached hydrogens (tertiary/aromatic N) is 2. The van der Waals surface area contributed by atoms with E-state index in [2.05, 4.69) is 15.5 Å². The number of ether oxygens (including phenoxy) is 1. The van der Waals surface area contributed by atoms with Crippen LogP contribution in [0.3, 0.4) is 0 Å². The average Bonchev–Trinajstić information content (AvgIpc) is 3.07. The van der Waals surface area contributed by atoms with Crippen LogP contribution in [0.5, 0.6) is 0 Å². The second kappa shape index (κ2) is 9.30. The Balaban J connectivity index is 1.45. The van der Waals surface area contributed by atoms with Gasteiger partial charge < -0.3 is 20.3 Å². The van der Waals surface area contributed by atoms with Crippen molar-refractivity contribution in [2.24, 2.45) is 0 Å². The maximum atomic E-state index is 12.0. The highest BCUT2D eigenvalue weighted by Crippen LogP contribution is 2.28. The van der Waals surface area contributed by atoms with E-state index in [1.807, 2.05) is 30.0 Å². The van der Waals surface area contributed by atoms with E-state index in [0.29, 0.717) is 11.5 Å². The van der Waals surface area contributed by atoms with Crippen LogP contribution in [0.25, 0.3) is 0 Å². The molecule has 2 aliphatic heterocycles. The van der Waals surface area contributed by atoms with Crippen molar-refractivity contribution in [1.29, 1.82) is 0 Å². The SMILES string of the molecule is Cc1ccc(NC(=S)NCCCN2CCOCC2)cc1N1CCCC1=O. The maximum Gasteiger partial charge on any atom is 0.227 e. The lowest BCUT2D eigenvalue weighted by Gasteiger charge is -2.26. The number of benzene rings is 1. The summed E-state index contributed by atoms with van der Waals surface area (Å²) in [6.45, 7) is 8.44. The molecular weight excluding hydrogens is 348 g/mol. The molecule has 6 nitrogen and oxygen atoms in total. The number of carbonyl (C=O) groups excluding carboxylic acids is 1. The molecular formula is C19H28N4O2S. The second-order valence-electron chi connectivity index (χ2n) is 6.84. The third kappa shape index (κ3) is 5.16. The number of morpholine rings is 1. The molecule has 2 saturated heterocycles. The van der Waals surface area contributed by atoms with Crippen LogP contribution in [0.15, 0.2) is 18.2 Å². The van der Waals surface area contributed by atoms with E-state index in [1.54, 1.807) is 0 Å². The van der Waals surface area contributed by atoms with Gasteiger partial charge in [0.25, 0.3) is 0 Å². The quantitative estimate of drug-likeness (QED) is 0.586. The summed E-state index contributed by atoms with van der Waals surface area (Å²) in [4.78, 5) is 16.3. The van der Waals surface area contributed by atoms with Crippen molar-refractivity contribution in [3.8, 4) is 0 Å². The summed E-state index contributed by atoms with van der Waals surface area (Å²) in [5.74, 6) is 0.203. The van der Waals surface area contributed by atoms with Gasteiger partial charge in [0.05, 0.1) is 13.2 Å². The molecule has 2 fully saturated rings. The number of thiocarbonyl (C=S) groups is 1. The van der Waals surface area contributed by atoms with E-state index in [1.165, 1.54) is 0 Å². The van der Waals surface area contributed by atoms with Crippen LogP contribution >= 0.6 is 12.2 Å². The van der Waals surface area contributed by atoms with Crippen molar-refractivity contribution >= 4 is 34.6 Å². The predicted octanol–water partition coefficient (Wildman–Crippen LogP) is 2.13. The Hall–Kier alpha value is -1.70. The fourth-order valence-corrected chi connectivity index (χ4v) is 3.61. The van der Waals surface area contributed by atoms with E-state index < -0.39 is 0 Å². The zero-order valence-corrected chi connectivity index (χ0v) is 16.2. The molecule has 2 N–H and O–H groups in total. The van der Waals surface area contributed by atoms with Crippen LogP contribution in [0.1, 0.15) is 24.8 Å². The van der Waals surface area contributed by atoms with Crippen LogP contribution < -0.4 is 15.5 Å². The first kappa shape index (κ1) is 19.1. The number of anilines is 2. The number of hydrogen-bond donors (Lipinski definition) is 2. The minimum atomic E-state index is 0.203. The Morgan fingerprint density at radius 3 is 2.81 bits per heavy atom. The highest BCUT2D eigenvalue weighted by molar-refractivity contribution is 7.80. The van der Waals surface area contributed by atoms with Crippen molar-refractivity contribution in [3.05, 3.63) is 23.8 Å². The third-order valence-corrected chi connectivity index (χ3v) is 5.12. The van der Waals surface area contributed by atoms with E-state index >= 15 is 0 Å². The first-order chi connectivity index (χ1) is 12.6. The number of rotatable bonds is 6. The lowest BCUT2D eigenvalue weighted by atomic mass is 10.1. The molecule has 0 bridgehead atoms. The molecule has 0 spiro atoms. The zero-order chi connectivity index (χ0) is 18.4. The highest BCUT2D eigenvalue weighted by atomic mass is 32.1. The van der Waals surface area contributed by atoms with Crippen LogP contribution in [0.2, 0.25) is 0 Å².